The highest BCUT2D eigenvalue weighted by atomic mass is 16.6. The van der Waals surface area contributed by atoms with Gasteiger partial charge in [-0.3, -0.25) is 0 Å². The van der Waals surface area contributed by atoms with Gasteiger partial charge in [0.05, 0.1) is 5.71 Å². The van der Waals surface area contributed by atoms with E-state index in [4.69, 9.17) is 4.84 Å². The number of rotatable bonds is 4. The van der Waals surface area contributed by atoms with Crippen molar-refractivity contribution in [1.82, 2.24) is 0 Å². The van der Waals surface area contributed by atoms with Crippen LogP contribution in [0.15, 0.2) is 29.4 Å². The van der Waals surface area contributed by atoms with E-state index in [2.05, 4.69) is 43.3 Å². The van der Waals surface area contributed by atoms with Crippen molar-refractivity contribution in [1.29, 1.82) is 0 Å². The molecule has 1 rings (SSSR count). The van der Waals surface area contributed by atoms with Crippen molar-refractivity contribution < 1.29 is 4.84 Å². The minimum atomic E-state index is 0.888. The fourth-order valence-corrected chi connectivity index (χ4v) is 1.36. The summed E-state index contributed by atoms with van der Waals surface area (Å²) < 4.78 is 0. The zero-order valence-electron chi connectivity index (χ0n) is 9.08. The lowest BCUT2D eigenvalue weighted by atomic mass is 10.1. The molecule has 0 unspecified atom stereocenters. The average Bonchev–Trinajstić information content (AvgIpc) is 2.26. The van der Waals surface area contributed by atoms with Gasteiger partial charge in [0.25, 0.3) is 0 Å². The summed E-state index contributed by atoms with van der Waals surface area (Å²) in [7, 11) is 1.58. The molecule has 76 valence electrons. The minimum absolute atomic E-state index is 0.888. The number of nitrogens with zero attached hydrogens (tertiary/aromatic N) is 1. The summed E-state index contributed by atoms with van der Waals surface area (Å²) in [6.07, 6.45) is 1.96. The quantitative estimate of drug-likeness (QED) is 0.529. The van der Waals surface area contributed by atoms with Crippen molar-refractivity contribution >= 4 is 5.71 Å². The zero-order valence-corrected chi connectivity index (χ0v) is 9.08. The number of hydrogen-bond donors (Lipinski definition) is 0. The SMILES string of the molecule is CC/C(=N\OC)c1ccc(CC)cc1. The predicted octanol–water partition coefficient (Wildman–Crippen LogP) is 3.01. The third kappa shape index (κ3) is 2.59. The number of benzene rings is 1. The van der Waals surface area contributed by atoms with Crippen LogP contribution < -0.4 is 0 Å². The van der Waals surface area contributed by atoms with Crippen LogP contribution in [-0.2, 0) is 11.3 Å². The summed E-state index contributed by atoms with van der Waals surface area (Å²) in [5, 5.41) is 3.99. The maximum Gasteiger partial charge on any atom is 0.106 e. The number of oxime groups is 1. The van der Waals surface area contributed by atoms with Crippen LogP contribution in [0.5, 0.6) is 0 Å². The van der Waals surface area contributed by atoms with E-state index in [1.54, 1.807) is 7.11 Å². The molecule has 2 heteroatoms. The van der Waals surface area contributed by atoms with Gasteiger partial charge in [0.15, 0.2) is 0 Å². The van der Waals surface area contributed by atoms with Crippen molar-refractivity contribution in [2.24, 2.45) is 5.16 Å². The fraction of sp³-hybridized carbons (Fsp3) is 0.417. The van der Waals surface area contributed by atoms with Crippen LogP contribution in [0, 0.1) is 0 Å². The maximum absolute atomic E-state index is 4.79. The summed E-state index contributed by atoms with van der Waals surface area (Å²) in [4.78, 5) is 4.79. The molecule has 0 spiro atoms. The van der Waals surface area contributed by atoms with Crippen LogP contribution in [0.3, 0.4) is 0 Å². The van der Waals surface area contributed by atoms with Gasteiger partial charge >= 0.3 is 0 Å². The molecule has 2 nitrogen and oxygen atoms in total. The molecule has 0 aliphatic heterocycles. The van der Waals surface area contributed by atoms with Gasteiger partial charge in [-0.25, -0.2) is 0 Å². The van der Waals surface area contributed by atoms with E-state index in [0.29, 0.717) is 0 Å². The first-order chi connectivity index (χ1) is 6.81. The monoisotopic (exact) mass is 191 g/mol. The molecule has 0 amide bonds. The van der Waals surface area contributed by atoms with E-state index < -0.39 is 0 Å². The second-order valence-corrected chi connectivity index (χ2v) is 3.12. The predicted molar refractivity (Wildman–Crippen MR) is 59.7 cm³/mol. The Morgan fingerprint density at radius 3 is 2.29 bits per heavy atom. The fourth-order valence-electron chi connectivity index (χ4n) is 1.36. The lowest BCUT2D eigenvalue weighted by Gasteiger charge is -2.03. The van der Waals surface area contributed by atoms with Crippen molar-refractivity contribution in [3.63, 3.8) is 0 Å². The standard InChI is InChI=1S/C12H17NO/c1-4-10-6-8-11(9-7-10)12(5-2)13-14-3/h6-9H,4-5H2,1-3H3/b13-12+. The van der Waals surface area contributed by atoms with E-state index in [9.17, 15) is 0 Å². The molecule has 0 aliphatic carbocycles. The van der Waals surface area contributed by atoms with Gasteiger partial charge in [-0.2, -0.15) is 0 Å². The Morgan fingerprint density at radius 1 is 1.21 bits per heavy atom. The molecule has 0 saturated heterocycles. The second kappa shape index (κ2) is 5.43. The molecule has 0 radical (unpaired) electrons. The molecule has 0 saturated carbocycles. The molecule has 1 aromatic rings. The highest BCUT2D eigenvalue weighted by Crippen LogP contribution is 2.08. The summed E-state index contributed by atoms with van der Waals surface area (Å²) in [6.45, 7) is 4.23. The van der Waals surface area contributed by atoms with Crippen molar-refractivity contribution in [2.75, 3.05) is 7.11 Å². The first-order valence-electron chi connectivity index (χ1n) is 5.01. The number of hydrogen-bond acceptors (Lipinski definition) is 2. The van der Waals surface area contributed by atoms with Crippen molar-refractivity contribution in [3.05, 3.63) is 35.4 Å². The smallest absolute Gasteiger partial charge is 0.106 e. The average molecular weight is 191 g/mol. The largest absolute Gasteiger partial charge is 0.399 e. The highest BCUT2D eigenvalue weighted by Gasteiger charge is 2.00. The molecule has 14 heavy (non-hydrogen) atoms. The molecular formula is C12H17NO. The van der Waals surface area contributed by atoms with Crippen LogP contribution in [0.1, 0.15) is 31.4 Å². The van der Waals surface area contributed by atoms with Gasteiger partial charge in [0, 0.05) is 0 Å². The van der Waals surface area contributed by atoms with Crippen LogP contribution in [0.4, 0.5) is 0 Å². The molecule has 0 bridgehead atoms. The summed E-state index contributed by atoms with van der Waals surface area (Å²) >= 11 is 0. The Bertz CT molecular complexity index is 301. The van der Waals surface area contributed by atoms with Gasteiger partial charge in [-0.1, -0.05) is 43.3 Å². The van der Waals surface area contributed by atoms with Crippen LogP contribution in [0.25, 0.3) is 0 Å². The Labute approximate surface area is 85.6 Å². The molecule has 0 atom stereocenters. The van der Waals surface area contributed by atoms with E-state index in [-0.39, 0.29) is 0 Å². The Morgan fingerprint density at radius 2 is 1.86 bits per heavy atom. The number of aryl methyl sites for hydroxylation is 1. The highest BCUT2D eigenvalue weighted by molar-refractivity contribution is 6.00. The topological polar surface area (TPSA) is 21.6 Å². The van der Waals surface area contributed by atoms with Crippen LogP contribution in [0.2, 0.25) is 0 Å². The third-order valence-electron chi connectivity index (χ3n) is 2.23. The van der Waals surface area contributed by atoms with Gasteiger partial charge < -0.3 is 4.84 Å². The van der Waals surface area contributed by atoms with Gasteiger partial charge in [0.1, 0.15) is 7.11 Å². The first kappa shape index (κ1) is 10.8. The van der Waals surface area contributed by atoms with E-state index in [0.717, 1.165) is 24.1 Å². The summed E-state index contributed by atoms with van der Waals surface area (Å²) in [5.74, 6) is 0. The van der Waals surface area contributed by atoms with E-state index in [1.807, 2.05) is 0 Å². The van der Waals surface area contributed by atoms with E-state index >= 15 is 0 Å². The third-order valence-corrected chi connectivity index (χ3v) is 2.23. The molecule has 1 aromatic carbocycles. The van der Waals surface area contributed by atoms with Crippen LogP contribution in [-0.4, -0.2) is 12.8 Å². The van der Waals surface area contributed by atoms with Crippen molar-refractivity contribution in [2.45, 2.75) is 26.7 Å². The normalized spacial score (nSPS) is 11.5. The molecule has 0 N–H and O–H groups in total. The van der Waals surface area contributed by atoms with Gasteiger partial charge in [-0.05, 0) is 24.0 Å². The summed E-state index contributed by atoms with van der Waals surface area (Å²) in [6, 6.07) is 8.46. The Hall–Kier alpha value is -1.31. The first-order valence-corrected chi connectivity index (χ1v) is 5.01. The van der Waals surface area contributed by atoms with Crippen molar-refractivity contribution in [3.8, 4) is 0 Å². The molecule has 0 aromatic heterocycles. The van der Waals surface area contributed by atoms with Crippen LogP contribution >= 0.6 is 0 Å². The van der Waals surface area contributed by atoms with Gasteiger partial charge in [-0.15, -0.1) is 0 Å². The minimum Gasteiger partial charge on any atom is -0.399 e. The van der Waals surface area contributed by atoms with Gasteiger partial charge in [0.2, 0.25) is 0 Å². The maximum atomic E-state index is 4.79. The summed E-state index contributed by atoms with van der Waals surface area (Å²) in [5.41, 5.74) is 3.49. The second-order valence-electron chi connectivity index (χ2n) is 3.12. The molecule has 0 aliphatic rings. The molecule has 0 fully saturated rings. The zero-order chi connectivity index (χ0) is 10.4. The lowest BCUT2D eigenvalue weighted by Crippen LogP contribution is -1.99. The lowest BCUT2D eigenvalue weighted by molar-refractivity contribution is 0.213. The molecular weight excluding hydrogens is 174 g/mol. The molecule has 0 heterocycles. The Balaban J connectivity index is 2.89. The van der Waals surface area contributed by atoms with E-state index in [1.165, 1.54) is 5.56 Å². The Kier molecular flexibility index (Phi) is 4.17.